The van der Waals surface area contributed by atoms with Crippen molar-refractivity contribution in [3.8, 4) is 16.9 Å². The number of alkyl halides is 2. The number of hydrogen-bond donors (Lipinski definition) is 1. The van der Waals surface area contributed by atoms with Crippen molar-refractivity contribution in [2.45, 2.75) is 6.61 Å². The predicted octanol–water partition coefficient (Wildman–Crippen LogP) is 3.39. The van der Waals surface area contributed by atoms with Crippen molar-refractivity contribution < 1.29 is 23.0 Å². The fourth-order valence-corrected chi connectivity index (χ4v) is 2.55. The largest absolute Gasteiger partial charge is 0.465 e. The number of halogens is 2. The topological polar surface area (TPSA) is 61.5 Å². The number of hydrogen-bond acceptors (Lipinski definition) is 5. The predicted molar refractivity (Wildman–Crippen MR) is 72.1 cm³/mol. The summed E-state index contributed by atoms with van der Waals surface area (Å²) in [6, 6.07) is 6.05. The Balaban J connectivity index is 2.44. The molecule has 2 N–H and O–H groups in total. The van der Waals surface area contributed by atoms with Gasteiger partial charge < -0.3 is 15.2 Å². The van der Waals surface area contributed by atoms with Gasteiger partial charge in [-0.05, 0) is 17.7 Å². The molecule has 0 aliphatic carbocycles. The molecule has 0 amide bonds. The van der Waals surface area contributed by atoms with E-state index in [4.69, 9.17) is 5.73 Å². The molecule has 2 rings (SSSR count). The third-order valence-corrected chi connectivity index (χ3v) is 3.39. The first-order valence-electron chi connectivity index (χ1n) is 5.53. The summed E-state index contributed by atoms with van der Waals surface area (Å²) in [5.41, 5.74) is 7.05. The summed E-state index contributed by atoms with van der Waals surface area (Å²) < 4.78 is 33.4. The second-order valence-electron chi connectivity index (χ2n) is 3.79. The minimum atomic E-state index is -2.90. The highest BCUT2D eigenvalue weighted by Crippen LogP contribution is 2.35. The van der Waals surface area contributed by atoms with Crippen LogP contribution in [0.25, 0.3) is 11.1 Å². The highest BCUT2D eigenvalue weighted by molar-refractivity contribution is 7.14. The standard InChI is InChI=1S/C13H11F2NO3S/c1-18-12(17)10-9(6-20-11(10)16)7-3-2-4-8(5-7)19-13(14)15/h2-6,13H,16H2,1H3. The molecule has 106 valence electrons. The lowest BCUT2D eigenvalue weighted by atomic mass is 10.0. The summed E-state index contributed by atoms with van der Waals surface area (Å²) in [6.07, 6.45) is 0. The zero-order chi connectivity index (χ0) is 14.7. The molecule has 0 saturated heterocycles. The van der Waals surface area contributed by atoms with Gasteiger partial charge in [0.25, 0.3) is 0 Å². The zero-order valence-corrected chi connectivity index (χ0v) is 11.2. The molecule has 0 aliphatic heterocycles. The molecule has 1 aromatic carbocycles. The normalized spacial score (nSPS) is 10.6. The number of nitrogen functional groups attached to an aromatic ring is 1. The van der Waals surface area contributed by atoms with E-state index in [2.05, 4.69) is 9.47 Å². The molecular formula is C13H11F2NO3S. The maximum atomic E-state index is 12.2. The lowest BCUT2D eigenvalue weighted by molar-refractivity contribution is -0.0498. The van der Waals surface area contributed by atoms with Crippen LogP contribution < -0.4 is 10.5 Å². The van der Waals surface area contributed by atoms with E-state index in [0.29, 0.717) is 16.1 Å². The van der Waals surface area contributed by atoms with Gasteiger partial charge >= 0.3 is 12.6 Å². The summed E-state index contributed by atoms with van der Waals surface area (Å²) in [5.74, 6) is -0.558. The SMILES string of the molecule is COC(=O)c1c(-c2cccc(OC(F)F)c2)csc1N. The van der Waals surface area contributed by atoms with E-state index in [1.807, 2.05) is 0 Å². The maximum Gasteiger partial charge on any atom is 0.387 e. The van der Waals surface area contributed by atoms with Crippen LogP contribution in [-0.4, -0.2) is 19.7 Å². The van der Waals surface area contributed by atoms with E-state index in [-0.39, 0.29) is 11.3 Å². The number of carbonyl (C=O) groups excluding carboxylic acids is 1. The number of rotatable bonds is 4. The van der Waals surface area contributed by atoms with Crippen molar-refractivity contribution in [2.24, 2.45) is 0 Å². The Bertz CT molecular complexity index is 628. The molecule has 20 heavy (non-hydrogen) atoms. The molecule has 0 saturated carbocycles. The Kier molecular flexibility index (Phi) is 4.19. The van der Waals surface area contributed by atoms with Gasteiger partial charge in [0, 0.05) is 10.9 Å². The highest BCUT2D eigenvalue weighted by Gasteiger charge is 2.19. The van der Waals surface area contributed by atoms with E-state index < -0.39 is 12.6 Å². The van der Waals surface area contributed by atoms with Crippen LogP contribution in [0.15, 0.2) is 29.6 Å². The van der Waals surface area contributed by atoms with Gasteiger partial charge in [0.05, 0.1) is 7.11 Å². The Hall–Kier alpha value is -2.15. The molecule has 0 unspecified atom stereocenters. The van der Waals surface area contributed by atoms with Gasteiger partial charge in [-0.1, -0.05) is 12.1 Å². The van der Waals surface area contributed by atoms with Crippen molar-refractivity contribution >= 4 is 22.3 Å². The first kappa shape index (κ1) is 14.3. The number of methoxy groups -OCH3 is 1. The first-order chi connectivity index (χ1) is 9.52. The molecule has 0 spiro atoms. The molecule has 0 fully saturated rings. The lowest BCUT2D eigenvalue weighted by Gasteiger charge is -2.07. The average Bonchev–Trinajstić information content (AvgIpc) is 2.79. The van der Waals surface area contributed by atoms with Crippen LogP contribution in [0.5, 0.6) is 5.75 Å². The van der Waals surface area contributed by atoms with Crippen molar-refractivity contribution in [2.75, 3.05) is 12.8 Å². The number of esters is 1. The Labute approximate surface area is 117 Å². The molecule has 4 nitrogen and oxygen atoms in total. The summed E-state index contributed by atoms with van der Waals surface area (Å²) in [4.78, 5) is 11.7. The molecular weight excluding hydrogens is 288 g/mol. The first-order valence-corrected chi connectivity index (χ1v) is 6.41. The second kappa shape index (κ2) is 5.87. The third kappa shape index (κ3) is 2.88. The van der Waals surface area contributed by atoms with Gasteiger partial charge in [0.2, 0.25) is 0 Å². The highest BCUT2D eigenvalue weighted by atomic mass is 32.1. The van der Waals surface area contributed by atoms with Gasteiger partial charge in [-0.15, -0.1) is 11.3 Å². The minimum absolute atomic E-state index is 0.0121. The Morgan fingerprint density at radius 1 is 1.40 bits per heavy atom. The van der Waals surface area contributed by atoms with Crippen molar-refractivity contribution in [1.82, 2.24) is 0 Å². The van der Waals surface area contributed by atoms with E-state index in [9.17, 15) is 13.6 Å². The summed E-state index contributed by atoms with van der Waals surface area (Å²) in [5, 5.41) is 1.98. The van der Waals surface area contributed by atoms with Gasteiger partial charge in [-0.2, -0.15) is 8.78 Å². The van der Waals surface area contributed by atoms with Crippen LogP contribution in [0.1, 0.15) is 10.4 Å². The monoisotopic (exact) mass is 299 g/mol. The van der Waals surface area contributed by atoms with Crippen LogP contribution in [0.3, 0.4) is 0 Å². The van der Waals surface area contributed by atoms with Crippen LogP contribution in [0.4, 0.5) is 13.8 Å². The van der Waals surface area contributed by atoms with Gasteiger partial charge in [-0.25, -0.2) is 4.79 Å². The van der Waals surface area contributed by atoms with Gasteiger partial charge in [0.15, 0.2) is 0 Å². The van der Waals surface area contributed by atoms with Crippen LogP contribution in [-0.2, 0) is 4.74 Å². The quantitative estimate of drug-likeness (QED) is 0.879. The molecule has 7 heteroatoms. The fraction of sp³-hybridized carbons (Fsp3) is 0.154. The van der Waals surface area contributed by atoms with Gasteiger partial charge in [-0.3, -0.25) is 0 Å². The molecule has 2 aromatic rings. The number of thiophene rings is 1. The van der Waals surface area contributed by atoms with Crippen LogP contribution >= 0.6 is 11.3 Å². The number of anilines is 1. The molecule has 0 aliphatic rings. The molecule has 0 bridgehead atoms. The maximum absolute atomic E-state index is 12.2. The molecule has 0 atom stereocenters. The van der Waals surface area contributed by atoms with Crippen molar-refractivity contribution in [3.63, 3.8) is 0 Å². The number of carbonyl (C=O) groups is 1. The third-order valence-electron chi connectivity index (χ3n) is 2.58. The van der Waals surface area contributed by atoms with E-state index in [1.54, 1.807) is 17.5 Å². The van der Waals surface area contributed by atoms with Crippen molar-refractivity contribution in [1.29, 1.82) is 0 Å². The Morgan fingerprint density at radius 2 is 2.15 bits per heavy atom. The van der Waals surface area contributed by atoms with Crippen molar-refractivity contribution in [3.05, 3.63) is 35.2 Å². The smallest absolute Gasteiger partial charge is 0.387 e. The van der Waals surface area contributed by atoms with E-state index in [1.165, 1.54) is 30.6 Å². The zero-order valence-electron chi connectivity index (χ0n) is 10.4. The molecule has 0 radical (unpaired) electrons. The molecule has 1 aromatic heterocycles. The number of ether oxygens (including phenoxy) is 2. The average molecular weight is 299 g/mol. The Morgan fingerprint density at radius 3 is 2.80 bits per heavy atom. The van der Waals surface area contributed by atoms with E-state index >= 15 is 0 Å². The fourth-order valence-electron chi connectivity index (χ4n) is 1.74. The summed E-state index contributed by atoms with van der Waals surface area (Å²) in [6.45, 7) is -2.90. The summed E-state index contributed by atoms with van der Waals surface area (Å²) >= 11 is 1.18. The second-order valence-corrected chi connectivity index (χ2v) is 4.70. The minimum Gasteiger partial charge on any atom is -0.465 e. The molecule has 1 heterocycles. The summed E-state index contributed by atoms with van der Waals surface area (Å²) in [7, 11) is 1.25. The van der Waals surface area contributed by atoms with E-state index in [0.717, 1.165) is 0 Å². The van der Waals surface area contributed by atoms with Crippen LogP contribution in [0.2, 0.25) is 0 Å². The number of nitrogens with two attached hydrogens (primary N) is 1. The lowest BCUT2D eigenvalue weighted by Crippen LogP contribution is -2.05. The number of benzene rings is 1. The van der Waals surface area contributed by atoms with Gasteiger partial charge in [0.1, 0.15) is 16.3 Å². The van der Waals surface area contributed by atoms with Crippen LogP contribution in [0, 0.1) is 0 Å².